The number of carbonyl (C=O) groups is 1. The van der Waals surface area contributed by atoms with Crippen LogP contribution in [0.3, 0.4) is 0 Å². The van der Waals surface area contributed by atoms with E-state index in [0.717, 1.165) is 44.2 Å². The zero-order chi connectivity index (χ0) is 19.5. The smallest absolute Gasteiger partial charge is 0.309 e. The zero-order valence-corrected chi connectivity index (χ0v) is 15.9. The molecule has 0 radical (unpaired) electrons. The summed E-state index contributed by atoms with van der Waals surface area (Å²) in [7, 11) is 1.41. The molecule has 140 valence electrons. The number of esters is 1. The van der Waals surface area contributed by atoms with Crippen LogP contribution in [0.15, 0.2) is 66.7 Å². The van der Waals surface area contributed by atoms with Gasteiger partial charge >= 0.3 is 5.97 Å². The van der Waals surface area contributed by atoms with Crippen molar-refractivity contribution < 1.29 is 14.3 Å². The van der Waals surface area contributed by atoms with E-state index in [-0.39, 0.29) is 12.4 Å². The van der Waals surface area contributed by atoms with Crippen LogP contribution in [-0.2, 0) is 22.6 Å². The van der Waals surface area contributed by atoms with Gasteiger partial charge in [0.05, 0.1) is 24.7 Å². The van der Waals surface area contributed by atoms with Crippen LogP contribution in [0.1, 0.15) is 16.8 Å². The molecule has 0 atom stereocenters. The Morgan fingerprint density at radius 1 is 0.964 bits per heavy atom. The molecule has 0 unspecified atom stereocenters. The highest BCUT2D eigenvalue weighted by Crippen LogP contribution is 2.27. The molecule has 0 aliphatic heterocycles. The number of hydrogen-bond acceptors (Lipinski definition) is 4. The van der Waals surface area contributed by atoms with Crippen LogP contribution in [-0.4, -0.2) is 18.1 Å². The maximum atomic E-state index is 11.6. The van der Waals surface area contributed by atoms with Crippen molar-refractivity contribution in [2.24, 2.45) is 0 Å². The van der Waals surface area contributed by atoms with Crippen molar-refractivity contribution in [3.8, 4) is 5.75 Å². The van der Waals surface area contributed by atoms with Crippen LogP contribution < -0.4 is 4.74 Å². The van der Waals surface area contributed by atoms with E-state index in [1.165, 1.54) is 7.11 Å². The van der Waals surface area contributed by atoms with Crippen LogP contribution in [0.2, 0.25) is 0 Å². The molecule has 0 N–H and O–H groups in total. The molecule has 1 heterocycles. The SMILES string of the molecule is COC(=O)Cc1ccc2cc(OCc3ccc4ccccc4n3)ccc2c1C. The van der Waals surface area contributed by atoms with E-state index in [2.05, 4.69) is 11.1 Å². The van der Waals surface area contributed by atoms with E-state index in [4.69, 9.17) is 9.47 Å². The van der Waals surface area contributed by atoms with Crippen molar-refractivity contribution in [1.82, 2.24) is 4.98 Å². The third kappa shape index (κ3) is 3.67. The average molecular weight is 371 g/mol. The molecule has 0 saturated carbocycles. The third-order valence-corrected chi connectivity index (χ3v) is 4.98. The van der Waals surface area contributed by atoms with Gasteiger partial charge in [-0.15, -0.1) is 0 Å². The Morgan fingerprint density at radius 2 is 1.79 bits per heavy atom. The average Bonchev–Trinajstić information content (AvgIpc) is 2.74. The Labute approximate surface area is 163 Å². The first-order valence-corrected chi connectivity index (χ1v) is 9.20. The topological polar surface area (TPSA) is 48.4 Å². The highest BCUT2D eigenvalue weighted by atomic mass is 16.5. The molecular weight excluding hydrogens is 350 g/mol. The molecule has 4 aromatic rings. The van der Waals surface area contributed by atoms with E-state index in [1.54, 1.807) is 0 Å². The quantitative estimate of drug-likeness (QED) is 0.464. The van der Waals surface area contributed by atoms with Gasteiger partial charge in [0, 0.05) is 5.39 Å². The lowest BCUT2D eigenvalue weighted by molar-refractivity contribution is -0.139. The molecule has 4 nitrogen and oxygen atoms in total. The number of fused-ring (bicyclic) bond motifs is 2. The van der Waals surface area contributed by atoms with Crippen molar-refractivity contribution in [2.75, 3.05) is 7.11 Å². The Balaban J connectivity index is 1.54. The van der Waals surface area contributed by atoms with E-state index in [9.17, 15) is 4.79 Å². The van der Waals surface area contributed by atoms with Crippen molar-refractivity contribution in [3.63, 3.8) is 0 Å². The number of para-hydroxylation sites is 1. The number of ether oxygens (including phenoxy) is 2. The predicted octanol–water partition coefficient (Wildman–Crippen LogP) is 4.99. The number of benzene rings is 3. The minimum Gasteiger partial charge on any atom is -0.487 e. The number of rotatable bonds is 5. The number of carbonyl (C=O) groups excluding carboxylic acids is 1. The molecule has 0 aliphatic carbocycles. The largest absolute Gasteiger partial charge is 0.487 e. The highest BCUT2D eigenvalue weighted by molar-refractivity contribution is 5.89. The van der Waals surface area contributed by atoms with Gasteiger partial charge in [-0.25, -0.2) is 4.98 Å². The van der Waals surface area contributed by atoms with Crippen molar-refractivity contribution in [3.05, 3.63) is 83.6 Å². The normalized spacial score (nSPS) is 10.9. The van der Waals surface area contributed by atoms with Gasteiger partial charge < -0.3 is 9.47 Å². The number of aromatic nitrogens is 1. The number of aryl methyl sites for hydroxylation is 1. The first-order valence-electron chi connectivity index (χ1n) is 9.20. The van der Waals surface area contributed by atoms with Crippen LogP contribution in [0.5, 0.6) is 5.75 Å². The van der Waals surface area contributed by atoms with Gasteiger partial charge in [0.25, 0.3) is 0 Å². The molecule has 0 amide bonds. The zero-order valence-electron chi connectivity index (χ0n) is 15.9. The van der Waals surface area contributed by atoms with E-state index in [0.29, 0.717) is 6.61 Å². The summed E-state index contributed by atoms with van der Waals surface area (Å²) in [5.74, 6) is 0.563. The Hall–Kier alpha value is -3.40. The molecule has 0 aliphatic rings. The predicted molar refractivity (Wildman–Crippen MR) is 110 cm³/mol. The fourth-order valence-electron chi connectivity index (χ4n) is 3.36. The van der Waals surface area contributed by atoms with Crippen molar-refractivity contribution in [2.45, 2.75) is 20.0 Å². The summed E-state index contributed by atoms with van der Waals surface area (Å²) in [5, 5.41) is 3.31. The maximum absolute atomic E-state index is 11.6. The first-order chi connectivity index (χ1) is 13.6. The third-order valence-electron chi connectivity index (χ3n) is 4.98. The molecule has 0 saturated heterocycles. The summed E-state index contributed by atoms with van der Waals surface area (Å²) in [5.41, 5.74) is 3.93. The molecule has 0 fully saturated rings. The lowest BCUT2D eigenvalue weighted by atomic mass is 9.98. The van der Waals surface area contributed by atoms with Gasteiger partial charge in [-0.2, -0.15) is 0 Å². The van der Waals surface area contributed by atoms with Crippen LogP contribution in [0, 0.1) is 6.92 Å². The summed E-state index contributed by atoms with van der Waals surface area (Å²) in [6, 6.07) is 22.1. The fourth-order valence-corrected chi connectivity index (χ4v) is 3.36. The summed E-state index contributed by atoms with van der Waals surface area (Å²) in [6.07, 6.45) is 0.282. The van der Waals surface area contributed by atoms with E-state index < -0.39 is 0 Å². The number of pyridine rings is 1. The second-order valence-electron chi connectivity index (χ2n) is 6.77. The van der Waals surface area contributed by atoms with Gasteiger partial charge in [-0.05, 0) is 53.1 Å². The molecular formula is C24H21NO3. The molecule has 4 heteroatoms. The number of nitrogens with zero attached hydrogens (tertiary/aromatic N) is 1. The molecule has 3 aromatic carbocycles. The highest BCUT2D eigenvalue weighted by Gasteiger charge is 2.09. The van der Waals surface area contributed by atoms with E-state index >= 15 is 0 Å². The van der Waals surface area contributed by atoms with Gasteiger partial charge in [0.1, 0.15) is 12.4 Å². The van der Waals surface area contributed by atoms with Gasteiger partial charge in [-0.1, -0.05) is 42.5 Å². The standard InChI is InChI=1S/C24H21NO3/c1-16-18(14-24(26)27-2)7-8-19-13-21(11-12-22(16)19)28-15-20-10-9-17-5-3-4-6-23(17)25-20/h3-13H,14-15H2,1-2H3. The molecule has 4 rings (SSSR count). The Morgan fingerprint density at radius 3 is 2.64 bits per heavy atom. The monoisotopic (exact) mass is 371 g/mol. The number of hydrogen-bond donors (Lipinski definition) is 0. The van der Waals surface area contributed by atoms with Crippen molar-refractivity contribution in [1.29, 1.82) is 0 Å². The number of methoxy groups -OCH3 is 1. The molecule has 1 aromatic heterocycles. The molecule has 0 spiro atoms. The second kappa shape index (κ2) is 7.69. The lowest BCUT2D eigenvalue weighted by Crippen LogP contribution is -2.06. The molecule has 0 bridgehead atoms. The lowest BCUT2D eigenvalue weighted by Gasteiger charge is -2.11. The summed E-state index contributed by atoms with van der Waals surface area (Å²) in [4.78, 5) is 16.2. The second-order valence-corrected chi connectivity index (χ2v) is 6.77. The van der Waals surface area contributed by atoms with Gasteiger partial charge in [0.15, 0.2) is 0 Å². The van der Waals surface area contributed by atoms with Gasteiger partial charge in [0.2, 0.25) is 0 Å². The first kappa shape index (κ1) is 18.0. The maximum Gasteiger partial charge on any atom is 0.309 e. The summed E-state index contributed by atoms with van der Waals surface area (Å²) >= 11 is 0. The molecule has 28 heavy (non-hydrogen) atoms. The van der Waals surface area contributed by atoms with Crippen molar-refractivity contribution >= 4 is 27.6 Å². The summed E-state index contributed by atoms with van der Waals surface area (Å²) in [6.45, 7) is 2.44. The fraction of sp³-hybridized carbons (Fsp3) is 0.167. The van der Waals surface area contributed by atoms with Crippen LogP contribution >= 0.6 is 0 Å². The Kier molecular flexibility index (Phi) is 4.94. The van der Waals surface area contributed by atoms with Crippen LogP contribution in [0.25, 0.3) is 21.7 Å². The van der Waals surface area contributed by atoms with Crippen LogP contribution in [0.4, 0.5) is 0 Å². The minimum atomic E-state index is -0.231. The summed E-state index contributed by atoms with van der Waals surface area (Å²) < 4.78 is 10.7. The van der Waals surface area contributed by atoms with E-state index in [1.807, 2.05) is 67.6 Å². The van der Waals surface area contributed by atoms with Gasteiger partial charge in [-0.3, -0.25) is 4.79 Å². The Bertz CT molecular complexity index is 1170. The minimum absolute atomic E-state index is 0.231.